The lowest BCUT2D eigenvalue weighted by Crippen LogP contribution is -2.40. The molecule has 92 valence electrons. The molecule has 0 N–H and O–H groups in total. The van der Waals surface area contributed by atoms with Gasteiger partial charge < -0.3 is 9.64 Å². The van der Waals surface area contributed by atoms with Gasteiger partial charge in [0.05, 0.1) is 13.2 Å². The van der Waals surface area contributed by atoms with Crippen molar-refractivity contribution in [3.63, 3.8) is 0 Å². The summed E-state index contributed by atoms with van der Waals surface area (Å²) >= 11 is 0. The SMILES string of the molecule is O=C(CCCc1ccccc1)N1CCOCC1. The largest absolute Gasteiger partial charge is 0.378 e. The first-order valence-electron chi connectivity index (χ1n) is 6.26. The number of nitrogens with zero attached hydrogens (tertiary/aromatic N) is 1. The van der Waals surface area contributed by atoms with Gasteiger partial charge in [0.25, 0.3) is 0 Å². The first-order chi connectivity index (χ1) is 8.36. The van der Waals surface area contributed by atoms with Crippen LogP contribution < -0.4 is 0 Å². The summed E-state index contributed by atoms with van der Waals surface area (Å²) in [4.78, 5) is 13.8. The predicted molar refractivity (Wildman–Crippen MR) is 66.8 cm³/mol. The highest BCUT2D eigenvalue weighted by atomic mass is 16.5. The van der Waals surface area contributed by atoms with Crippen molar-refractivity contribution in [1.29, 1.82) is 0 Å². The number of hydrogen-bond donors (Lipinski definition) is 0. The summed E-state index contributed by atoms with van der Waals surface area (Å²) in [5.41, 5.74) is 1.31. The standard InChI is InChI=1S/C14H19NO2/c16-14(15-9-11-17-12-10-15)8-4-7-13-5-2-1-3-6-13/h1-3,5-6H,4,7-12H2. The molecule has 2 rings (SSSR count). The minimum atomic E-state index is 0.268. The fourth-order valence-corrected chi connectivity index (χ4v) is 2.06. The van der Waals surface area contributed by atoms with Gasteiger partial charge in [-0.15, -0.1) is 0 Å². The molecule has 0 spiro atoms. The van der Waals surface area contributed by atoms with Crippen molar-refractivity contribution in [2.45, 2.75) is 19.3 Å². The molecule has 0 aromatic heterocycles. The lowest BCUT2D eigenvalue weighted by Gasteiger charge is -2.26. The maximum atomic E-state index is 11.9. The van der Waals surface area contributed by atoms with E-state index in [1.165, 1.54) is 5.56 Å². The number of morpholine rings is 1. The van der Waals surface area contributed by atoms with Crippen LogP contribution in [0.5, 0.6) is 0 Å². The van der Waals surface area contributed by atoms with E-state index in [0.717, 1.165) is 25.9 Å². The average molecular weight is 233 g/mol. The fraction of sp³-hybridized carbons (Fsp3) is 0.500. The molecule has 3 nitrogen and oxygen atoms in total. The molecule has 1 saturated heterocycles. The Morgan fingerprint density at radius 1 is 1.18 bits per heavy atom. The number of hydrogen-bond acceptors (Lipinski definition) is 2. The molecule has 1 amide bonds. The van der Waals surface area contributed by atoms with Crippen LogP contribution in [0.2, 0.25) is 0 Å². The zero-order chi connectivity index (χ0) is 11.9. The Morgan fingerprint density at radius 2 is 1.88 bits per heavy atom. The fourth-order valence-electron chi connectivity index (χ4n) is 2.06. The van der Waals surface area contributed by atoms with Crippen molar-refractivity contribution in [3.8, 4) is 0 Å². The maximum Gasteiger partial charge on any atom is 0.222 e. The van der Waals surface area contributed by atoms with Gasteiger partial charge in [0.1, 0.15) is 0 Å². The number of ether oxygens (including phenoxy) is 1. The third-order valence-electron chi connectivity index (χ3n) is 3.06. The van der Waals surface area contributed by atoms with E-state index in [-0.39, 0.29) is 5.91 Å². The number of amides is 1. The molecular formula is C14H19NO2. The van der Waals surface area contributed by atoms with E-state index in [0.29, 0.717) is 19.6 Å². The number of benzene rings is 1. The van der Waals surface area contributed by atoms with Crippen molar-refractivity contribution in [3.05, 3.63) is 35.9 Å². The van der Waals surface area contributed by atoms with E-state index in [9.17, 15) is 4.79 Å². The molecule has 0 atom stereocenters. The van der Waals surface area contributed by atoms with Crippen LogP contribution in [0.25, 0.3) is 0 Å². The van der Waals surface area contributed by atoms with E-state index in [1.54, 1.807) is 0 Å². The third-order valence-corrected chi connectivity index (χ3v) is 3.06. The molecule has 1 aliphatic heterocycles. The third kappa shape index (κ3) is 3.86. The van der Waals surface area contributed by atoms with Gasteiger partial charge in [-0.1, -0.05) is 30.3 Å². The number of aryl methyl sites for hydroxylation is 1. The molecule has 3 heteroatoms. The van der Waals surface area contributed by atoms with Crippen molar-refractivity contribution in [2.75, 3.05) is 26.3 Å². The Hall–Kier alpha value is -1.35. The molecule has 0 radical (unpaired) electrons. The number of carbonyl (C=O) groups excluding carboxylic acids is 1. The summed E-state index contributed by atoms with van der Waals surface area (Å²) in [5, 5.41) is 0. The van der Waals surface area contributed by atoms with E-state index >= 15 is 0 Å². The maximum absolute atomic E-state index is 11.9. The van der Waals surface area contributed by atoms with Gasteiger partial charge in [-0.05, 0) is 18.4 Å². The van der Waals surface area contributed by atoms with E-state index < -0.39 is 0 Å². The minimum absolute atomic E-state index is 0.268. The first kappa shape index (κ1) is 12.1. The topological polar surface area (TPSA) is 29.5 Å². The normalized spacial score (nSPS) is 15.9. The Labute approximate surface area is 102 Å². The highest BCUT2D eigenvalue weighted by molar-refractivity contribution is 5.76. The van der Waals surface area contributed by atoms with Gasteiger partial charge in [0.15, 0.2) is 0 Å². The molecule has 1 fully saturated rings. The van der Waals surface area contributed by atoms with Crippen LogP contribution in [0.1, 0.15) is 18.4 Å². The molecule has 0 bridgehead atoms. The molecule has 0 saturated carbocycles. The highest BCUT2D eigenvalue weighted by Crippen LogP contribution is 2.07. The monoisotopic (exact) mass is 233 g/mol. The summed E-state index contributed by atoms with van der Waals surface area (Å²) in [6.45, 7) is 2.88. The van der Waals surface area contributed by atoms with E-state index in [2.05, 4.69) is 12.1 Å². The van der Waals surface area contributed by atoms with E-state index in [1.807, 2.05) is 23.1 Å². The summed E-state index contributed by atoms with van der Waals surface area (Å²) in [6, 6.07) is 10.3. The van der Waals surface area contributed by atoms with Gasteiger partial charge in [0.2, 0.25) is 5.91 Å². The van der Waals surface area contributed by atoms with Gasteiger partial charge in [0, 0.05) is 19.5 Å². The Morgan fingerprint density at radius 3 is 2.59 bits per heavy atom. The molecule has 1 aromatic rings. The zero-order valence-electron chi connectivity index (χ0n) is 10.1. The Balaban J connectivity index is 1.69. The molecule has 1 aliphatic rings. The average Bonchev–Trinajstić information content (AvgIpc) is 2.41. The van der Waals surface area contributed by atoms with Crippen molar-refractivity contribution >= 4 is 5.91 Å². The van der Waals surface area contributed by atoms with Crippen LogP contribution in [-0.2, 0) is 16.0 Å². The van der Waals surface area contributed by atoms with Gasteiger partial charge in [-0.3, -0.25) is 4.79 Å². The summed E-state index contributed by atoms with van der Waals surface area (Å²) in [5.74, 6) is 0.268. The van der Waals surface area contributed by atoms with Gasteiger partial charge >= 0.3 is 0 Å². The Bertz CT molecular complexity index is 344. The zero-order valence-corrected chi connectivity index (χ0v) is 10.1. The van der Waals surface area contributed by atoms with Crippen molar-refractivity contribution < 1.29 is 9.53 Å². The molecular weight excluding hydrogens is 214 g/mol. The number of carbonyl (C=O) groups is 1. The lowest BCUT2D eigenvalue weighted by atomic mass is 10.1. The van der Waals surface area contributed by atoms with Crippen molar-refractivity contribution in [1.82, 2.24) is 4.90 Å². The summed E-state index contributed by atoms with van der Waals surface area (Å²) in [7, 11) is 0. The van der Waals surface area contributed by atoms with E-state index in [4.69, 9.17) is 4.74 Å². The van der Waals surface area contributed by atoms with Crippen LogP contribution in [0, 0.1) is 0 Å². The van der Waals surface area contributed by atoms with Crippen LogP contribution in [0.4, 0.5) is 0 Å². The number of rotatable bonds is 4. The van der Waals surface area contributed by atoms with Crippen LogP contribution in [0.3, 0.4) is 0 Å². The smallest absolute Gasteiger partial charge is 0.222 e. The predicted octanol–water partition coefficient (Wildman–Crippen LogP) is 1.87. The second-order valence-electron chi connectivity index (χ2n) is 4.33. The summed E-state index contributed by atoms with van der Waals surface area (Å²) < 4.78 is 5.23. The molecule has 0 aliphatic carbocycles. The molecule has 1 aromatic carbocycles. The van der Waals surface area contributed by atoms with Crippen LogP contribution in [-0.4, -0.2) is 37.1 Å². The second kappa shape index (κ2) is 6.40. The molecule has 1 heterocycles. The quantitative estimate of drug-likeness (QED) is 0.794. The molecule has 0 unspecified atom stereocenters. The van der Waals surface area contributed by atoms with Crippen LogP contribution in [0.15, 0.2) is 30.3 Å². The van der Waals surface area contributed by atoms with Gasteiger partial charge in [-0.2, -0.15) is 0 Å². The Kier molecular flexibility index (Phi) is 4.56. The lowest BCUT2D eigenvalue weighted by molar-refractivity contribution is -0.135. The van der Waals surface area contributed by atoms with Crippen LogP contribution >= 0.6 is 0 Å². The molecule has 17 heavy (non-hydrogen) atoms. The van der Waals surface area contributed by atoms with Gasteiger partial charge in [-0.25, -0.2) is 0 Å². The summed E-state index contributed by atoms with van der Waals surface area (Å²) in [6.07, 6.45) is 2.56. The van der Waals surface area contributed by atoms with Crippen molar-refractivity contribution in [2.24, 2.45) is 0 Å². The second-order valence-corrected chi connectivity index (χ2v) is 4.33. The minimum Gasteiger partial charge on any atom is -0.378 e. The first-order valence-corrected chi connectivity index (χ1v) is 6.26. The highest BCUT2D eigenvalue weighted by Gasteiger charge is 2.15.